The van der Waals surface area contributed by atoms with Crippen molar-refractivity contribution >= 4 is 59.1 Å². The van der Waals surface area contributed by atoms with Crippen LogP contribution in [0.3, 0.4) is 0 Å². The Morgan fingerprint density at radius 2 is 1.44 bits per heavy atom. The maximum Gasteiger partial charge on any atom is -0.147 e. The minimum atomic E-state index is 0. The summed E-state index contributed by atoms with van der Waals surface area (Å²) in [5, 5.41) is 2.23. The third kappa shape index (κ3) is 5.24. The summed E-state index contributed by atoms with van der Waals surface area (Å²) in [4.78, 5) is 9.97. The predicted molar refractivity (Wildman–Crippen MR) is 140 cm³/mol. The van der Waals surface area contributed by atoms with E-state index in [9.17, 15) is 0 Å². The molecule has 0 atom stereocenters. The van der Waals surface area contributed by atoms with Crippen molar-refractivity contribution < 1.29 is 15.0 Å². The largest absolute Gasteiger partial charge is 0.344 e. The molecule has 0 aliphatic heterocycles. The number of nitrogens with zero attached hydrogens (tertiary/aromatic N) is 2. The molecule has 2 aromatic carbocycles. The second kappa shape index (κ2) is 10.9. The molecule has 6 heteroatoms. The van der Waals surface area contributed by atoms with Crippen LogP contribution in [0.25, 0.3) is 26.3 Å². The molecule has 3 nitrogen and oxygen atoms in total. The summed E-state index contributed by atoms with van der Waals surface area (Å²) in [6.07, 6.45) is 0. The maximum absolute atomic E-state index is 5.03. The number of hydrogen-bond acceptors (Lipinski definition) is 3. The molecule has 2 heterocycles. The Hall–Kier alpha value is -1.75. The smallest absolute Gasteiger partial charge is 0.147 e. The Morgan fingerprint density at radius 3 is 2.06 bits per heavy atom. The van der Waals surface area contributed by atoms with Crippen molar-refractivity contribution in [3.05, 3.63) is 82.6 Å². The Kier molecular flexibility index (Phi) is 9.04. The number of fused-ring (bicyclic) bond motifs is 3. The molecular weight excluding hydrogens is 526 g/mol. The van der Waals surface area contributed by atoms with Gasteiger partial charge in [0.25, 0.3) is 0 Å². The molecule has 0 spiro atoms. The summed E-state index contributed by atoms with van der Waals surface area (Å²) < 4.78 is 3.43. The normalized spacial score (nSPS) is 11.1. The van der Waals surface area contributed by atoms with E-state index >= 15 is 0 Å². The molecule has 3 N–H and O–H groups in total. The molecule has 4 aromatic rings. The van der Waals surface area contributed by atoms with Crippen LogP contribution in [0.15, 0.2) is 65.6 Å². The first-order valence-corrected chi connectivity index (χ1v) is 12.1. The average molecular weight is 555 g/mol. The summed E-state index contributed by atoms with van der Waals surface area (Å²) in [6.45, 7) is 13.2. The summed E-state index contributed by atoms with van der Waals surface area (Å²) in [5.41, 5.74) is 5.29. The minimum absolute atomic E-state index is 0. The van der Waals surface area contributed by atoms with Crippen LogP contribution in [0.5, 0.6) is 0 Å². The van der Waals surface area contributed by atoms with Crippen LogP contribution < -0.4 is 10.6 Å². The first-order valence-electron chi connectivity index (χ1n) is 10.2. The van der Waals surface area contributed by atoms with Gasteiger partial charge in [0.15, 0.2) is 0 Å². The van der Waals surface area contributed by atoms with Crippen molar-refractivity contribution in [1.82, 2.24) is 16.1 Å². The second-order valence-electron chi connectivity index (χ2n) is 8.06. The number of halogens is 2. The van der Waals surface area contributed by atoms with Gasteiger partial charge in [0, 0.05) is 0 Å². The molecule has 32 heavy (non-hydrogen) atoms. The fraction of sp³-hybridized carbons (Fsp3) is 0.231. The third-order valence-corrected chi connectivity index (χ3v) is 7.71. The van der Waals surface area contributed by atoms with E-state index < -0.39 is 0 Å². The van der Waals surface area contributed by atoms with Gasteiger partial charge < -0.3 is 6.15 Å². The van der Waals surface area contributed by atoms with E-state index in [0.717, 1.165) is 57.1 Å². The van der Waals surface area contributed by atoms with E-state index in [-0.39, 0.29) is 18.6 Å². The van der Waals surface area contributed by atoms with Gasteiger partial charge in [-0.05, 0) is 0 Å². The van der Waals surface area contributed by atoms with Gasteiger partial charge in [-0.25, -0.2) is 0 Å². The number of hydrogen-bond donors (Lipinski definition) is 1. The fourth-order valence-corrected chi connectivity index (χ4v) is 5.55. The van der Waals surface area contributed by atoms with Crippen molar-refractivity contribution in [3.63, 3.8) is 0 Å². The van der Waals surface area contributed by atoms with E-state index in [1.54, 1.807) is 0 Å². The van der Waals surface area contributed by atoms with Crippen LogP contribution in [0.2, 0.25) is 0 Å². The van der Waals surface area contributed by atoms with Gasteiger partial charge in [-0.1, -0.05) is 0 Å². The zero-order chi connectivity index (χ0) is 21.4. The van der Waals surface area contributed by atoms with Gasteiger partial charge in [-0.3, -0.25) is 0 Å². The molecule has 0 radical (unpaired) electrons. The maximum atomic E-state index is 5.03. The van der Waals surface area contributed by atoms with Crippen LogP contribution in [0, 0.1) is 0 Å². The third-order valence-electron chi connectivity index (χ3n) is 5.19. The monoisotopic (exact) mass is 553 g/mol. The summed E-state index contributed by atoms with van der Waals surface area (Å²) in [5.74, 6) is 0.838. The van der Waals surface area contributed by atoms with Gasteiger partial charge in [-0.2, -0.15) is 0 Å². The Bertz CT molecular complexity index is 1270. The molecule has 0 unspecified atom stereocenters. The first kappa shape index (κ1) is 26.5. The fourth-order valence-electron chi connectivity index (χ4n) is 3.45. The van der Waals surface area contributed by atoms with Gasteiger partial charge >= 0.3 is 194 Å². The Morgan fingerprint density at radius 1 is 0.844 bits per heavy atom. The van der Waals surface area contributed by atoms with E-state index in [2.05, 4.69) is 105 Å². The molecule has 0 amide bonds. The molecule has 0 aliphatic rings. The quantitative estimate of drug-likeness (QED) is 0.203. The van der Waals surface area contributed by atoms with Gasteiger partial charge in [-0.15, -0.1) is 12.4 Å². The summed E-state index contributed by atoms with van der Waals surface area (Å²) in [6, 6.07) is 19.1. The molecule has 0 bridgehead atoms. The van der Waals surface area contributed by atoms with Crippen LogP contribution in [0.1, 0.15) is 56.5 Å². The average Bonchev–Trinajstić information content (AvgIpc) is 2.73. The van der Waals surface area contributed by atoms with Crippen LogP contribution in [-0.4, -0.2) is 9.97 Å². The minimum Gasteiger partial charge on any atom is -0.344 e. The van der Waals surface area contributed by atoms with E-state index in [4.69, 9.17) is 9.97 Å². The second-order valence-corrected chi connectivity index (χ2v) is 10.4. The van der Waals surface area contributed by atoms with Crippen LogP contribution >= 0.6 is 28.3 Å². The zero-order valence-electron chi connectivity index (χ0n) is 18.8. The zero-order valence-corrected chi connectivity index (χ0v) is 22.3. The van der Waals surface area contributed by atoms with Crippen LogP contribution in [-0.2, 0) is 15.0 Å². The van der Waals surface area contributed by atoms with E-state index in [1.807, 2.05) is 0 Å². The van der Waals surface area contributed by atoms with Gasteiger partial charge in [0.1, 0.15) is 0 Å². The molecule has 4 rings (SSSR count). The molecule has 0 aliphatic carbocycles. The SMILES string of the molecule is C=[C]([Fe][c]1c(Br)cccc1C(C)C)c1ccc2ccc3ccc(C(C)C)nc3c2n1.Cl.N. The molecule has 0 saturated heterocycles. The van der Waals surface area contributed by atoms with Crippen molar-refractivity contribution in [2.45, 2.75) is 39.5 Å². The number of benzene rings is 2. The van der Waals surface area contributed by atoms with Crippen molar-refractivity contribution in [3.8, 4) is 0 Å². The topological polar surface area (TPSA) is 60.8 Å². The van der Waals surface area contributed by atoms with Gasteiger partial charge in [0.05, 0.1) is 0 Å². The van der Waals surface area contributed by atoms with Crippen molar-refractivity contribution in [2.75, 3.05) is 0 Å². The van der Waals surface area contributed by atoms with E-state index in [1.165, 1.54) is 10.0 Å². The molecule has 170 valence electrons. The molecular formula is C26H29BrClFeN3. The van der Waals surface area contributed by atoms with Gasteiger partial charge in [0.2, 0.25) is 0 Å². The Labute approximate surface area is 211 Å². The molecule has 0 saturated carbocycles. The van der Waals surface area contributed by atoms with E-state index in [0.29, 0.717) is 11.8 Å². The van der Waals surface area contributed by atoms with Crippen molar-refractivity contribution in [1.29, 1.82) is 0 Å². The summed E-state index contributed by atoms with van der Waals surface area (Å²) in [7, 11) is 0. The van der Waals surface area contributed by atoms with Crippen molar-refractivity contribution in [2.24, 2.45) is 0 Å². The standard InChI is InChI=1S/C17H15N2.C9H10Br.ClH.Fe.H3N/c1-4-14-9-7-12-5-6-13-8-10-15(11(2)3)19-17(13)16(12)18-14;1-7(2)8-4-3-5-9(10)6-8;;;/h5-11H,1H2,2-3H3;3-5,7H,1-2H3;1H;;1H3. The number of rotatable bonds is 5. The first-order chi connectivity index (χ1) is 14.3. The molecule has 0 fully saturated rings. The number of pyridine rings is 2. The van der Waals surface area contributed by atoms with Crippen LogP contribution in [0.4, 0.5) is 0 Å². The molecule has 2 aromatic heterocycles. The predicted octanol–water partition coefficient (Wildman–Crippen LogP) is 7.75. The Balaban J connectivity index is 0.00000181. The number of aromatic nitrogens is 2. The summed E-state index contributed by atoms with van der Waals surface area (Å²) >= 11 is 4.51.